The van der Waals surface area contributed by atoms with Gasteiger partial charge in [-0.3, -0.25) is 19.7 Å². The van der Waals surface area contributed by atoms with Crippen molar-refractivity contribution in [2.75, 3.05) is 10.6 Å². The Balaban J connectivity index is 0.000000179. The van der Waals surface area contributed by atoms with Crippen molar-refractivity contribution in [1.82, 2.24) is 15.3 Å². The topological polar surface area (TPSA) is 126 Å². The highest BCUT2D eigenvalue weighted by molar-refractivity contribution is 7.15. The van der Waals surface area contributed by atoms with Crippen LogP contribution >= 0.6 is 22.7 Å². The minimum atomic E-state index is -0.464. The van der Waals surface area contributed by atoms with Crippen LogP contribution in [0.5, 0.6) is 0 Å². The zero-order chi connectivity index (χ0) is 22.2. The number of oxazole rings is 1. The van der Waals surface area contributed by atoms with Gasteiger partial charge in [0, 0.05) is 17.5 Å². The summed E-state index contributed by atoms with van der Waals surface area (Å²) in [6.45, 7) is 4.23. The summed E-state index contributed by atoms with van der Waals surface area (Å²) >= 11 is 3.14. The van der Waals surface area contributed by atoms with Crippen LogP contribution in [0.3, 0.4) is 0 Å². The second-order valence-electron chi connectivity index (χ2n) is 7.06. The summed E-state index contributed by atoms with van der Waals surface area (Å²) < 4.78 is 4.83. The number of nitrogens with zero attached hydrogens (tertiary/aromatic N) is 2. The molecule has 164 valence electrons. The van der Waals surface area contributed by atoms with Gasteiger partial charge in [-0.1, -0.05) is 13.8 Å². The molecule has 0 spiro atoms. The Morgan fingerprint density at radius 3 is 2.74 bits per heavy atom. The zero-order valence-electron chi connectivity index (χ0n) is 17.1. The molecule has 4 heterocycles. The van der Waals surface area contributed by atoms with Crippen molar-refractivity contribution in [3.8, 4) is 0 Å². The third-order valence-electron chi connectivity index (χ3n) is 4.26. The minimum Gasteiger partial charge on any atom is -0.432 e. The SMILES string of the molecule is CC(C)c1cnc(NC(=O)Cc2ccsc2)s1.O=C1CCC(C(=O)Nc2ncco2)N1. The molecular weight excluding hydrogens is 438 g/mol. The van der Waals surface area contributed by atoms with E-state index in [4.69, 9.17) is 4.42 Å². The van der Waals surface area contributed by atoms with Crippen LogP contribution < -0.4 is 16.0 Å². The second-order valence-corrected chi connectivity index (χ2v) is 8.91. The molecule has 1 saturated heterocycles. The normalized spacial score (nSPS) is 15.2. The number of rotatable bonds is 6. The van der Waals surface area contributed by atoms with Crippen LogP contribution in [0.2, 0.25) is 0 Å². The maximum absolute atomic E-state index is 11.7. The Bertz CT molecular complexity index is 999. The highest BCUT2D eigenvalue weighted by atomic mass is 32.1. The molecule has 11 heteroatoms. The maximum Gasteiger partial charge on any atom is 0.301 e. The van der Waals surface area contributed by atoms with Crippen LogP contribution in [0.25, 0.3) is 0 Å². The van der Waals surface area contributed by atoms with E-state index in [1.54, 1.807) is 22.7 Å². The number of aromatic nitrogens is 2. The number of thiophene rings is 1. The van der Waals surface area contributed by atoms with Crippen LogP contribution in [0.1, 0.15) is 43.0 Å². The lowest BCUT2D eigenvalue weighted by Gasteiger charge is -2.07. The van der Waals surface area contributed by atoms with Crippen molar-refractivity contribution in [3.63, 3.8) is 0 Å². The van der Waals surface area contributed by atoms with Crippen LogP contribution in [0.4, 0.5) is 11.1 Å². The predicted molar refractivity (Wildman–Crippen MR) is 119 cm³/mol. The zero-order valence-corrected chi connectivity index (χ0v) is 18.7. The highest BCUT2D eigenvalue weighted by Gasteiger charge is 2.27. The summed E-state index contributed by atoms with van der Waals surface area (Å²) in [6.07, 6.45) is 5.95. The Labute approximate surface area is 187 Å². The molecular formula is C20H23N5O4S2. The van der Waals surface area contributed by atoms with Crippen molar-refractivity contribution in [2.45, 2.75) is 45.1 Å². The average molecular weight is 462 g/mol. The molecule has 3 amide bonds. The van der Waals surface area contributed by atoms with Gasteiger partial charge in [0.25, 0.3) is 5.91 Å². The molecule has 0 aliphatic carbocycles. The number of amides is 3. The summed E-state index contributed by atoms with van der Waals surface area (Å²) in [5, 5.41) is 12.5. The van der Waals surface area contributed by atoms with Gasteiger partial charge in [-0.2, -0.15) is 11.3 Å². The van der Waals surface area contributed by atoms with E-state index in [1.807, 2.05) is 23.0 Å². The molecule has 4 rings (SSSR count). The van der Waals surface area contributed by atoms with Crippen LogP contribution in [0.15, 0.2) is 39.9 Å². The molecule has 9 nitrogen and oxygen atoms in total. The molecule has 1 unspecified atom stereocenters. The fourth-order valence-corrected chi connectivity index (χ4v) is 4.15. The van der Waals surface area contributed by atoms with Crippen molar-refractivity contribution >= 4 is 51.5 Å². The van der Waals surface area contributed by atoms with Gasteiger partial charge >= 0.3 is 6.01 Å². The van der Waals surface area contributed by atoms with E-state index in [2.05, 4.69) is 39.8 Å². The van der Waals surface area contributed by atoms with E-state index < -0.39 is 6.04 Å². The van der Waals surface area contributed by atoms with E-state index in [1.165, 1.54) is 17.3 Å². The summed E-state index contributed by atoms with van der Waals surface area (Å²) in [5.41, 5.74) is 1.05. The molecule has 3 aromatic rings. The summed E-state index contributed by atoms with van der Waals surface area (Å²) in [4.78, 5) is 43.1. The van der Waals surface area contributed by atoms with E-state index in [9.17, 15) is 14.4 Å². The monoisotopic (exact) mass is 461 g/mol. The van der Waals surface area contributed by atoms with Crippen molar-refractivity contribution in [2.24, 2.45) is 0 Å². The maximum atomic E-state index is 11.7. The number of carbonyl (C=O) groups excluding carboxylic acids is 3. The van der Waals surface area contributed by atoms with Gasteiger partial charge in [0.15, 0.2) is 5.13 Å². The smallest absolute Gasteiger partial charge is 0.301 e. The van der Waals surface area contributed by atoms with Crippen molar-refractivity contribution in [3.05, 3.63) is 45.9 Å². The summed E-state index contributed by atoms with van der Waals surface area (Å²) in [6, 6.07) is 1.65. The molecule has 0 aromatic carbocycles. The number of nitrogens with one attached hydrogen (secondary N) is 3. The lowest BCUT2D eigenvalue weighted by Crippen LogP contribution is -2.37. The van der Waals surface area contributed by atoms with E-state index in [0.29, 0.717) is 30.3 Å². The van der Waals surface area contributed by atoms with Gasteiger partial charge < -0.3 is 15.1 Å². The van der Waals surface area contributed by atoms with Gasteiger partial charge in [0.05, 0.1) is 12.6 Å². The highest BCUT2D eigenvalue weighted by Crippen LogP contribution is 2.25. The number of thiazole rings is 1. The number of hydrogen-bond donors (Lipinski definition) is 3. The third-order valence-corrected chi connectivity index (χ3v) is 6.20. The Kier molecular flexibility index (Phi) is 7.90. The van der Waals surface area contributed by atoms with Crippen molar-refractivity contribution in [1.29, 1.82) is 0 Å². The molecule has 0 bridgehead atoms. The largest absolute Gasteiger partial charge is 0.432 e. The fourth-order valence-electron chi connectivity index (χ4n) is 2.64. The van der Waals surface area contributed by atoms with Gasteiger partial charge in [0.2, 0.25) is 11.8 Å². The second kappa shape index (κ2) is 10.8. The van der Waals surface area contributed by atoms with Gasteiger partial charge in [-0.15, -0.1) is 11.3 Å². The number of anilines is 2. The van der Waals surface area contributed by atoms with Gasteiger partial charge in [-0.05, 0) is 34.7 Å². The molecule has 1 aliphatic heterocycles. The molecule has 31 heavy (non-hydrogen) atoms. The third kappa shape index (κ3) is 7.00. The van der Waals surface area contributed by atoms with Crippen LogP contribution in [-0.2, 0) is 20.8 Å². The average Bonchev–Trinajstić information content (AvgIpc) is 3.50. The standard InChI is InChI=1S/C12H14N2OS2.C8H9N3O3/c1-8(2)10-6-13-12(17-10)14-11(15)5-9-3-4-16-7-9;12-6-2-1-5(10-6)7(13)11-8-9-3-4-14-8/h3-4,6-8H,5H2,1-2H3,(H,13,14,15);3-5H,1-2H2,(H,10,12)(H,9,11,13). The first-order valence-electron chi connectivity index (χ1n) is 9.67. The molecule has 1 aliphatic rings. The van der Waals surface area contributed by atoms with Gasteiger partial charge in [-0.25, -0.2) is 9.97 Å². The first-order valence-corrected chi connectivity index (χ1v) is 11.4. The van der Waals surface area contributed by atoms with Crippen LogP contribution in [-0.4, -0.2) is 33.7 Å². The molecule has 3 aromatic heterocycles. The quantitative estimate of drug-likeness (QED) is 0.516. The lowest BCUT2D eigenvalue weighted by molar-refractivity contribution is -0.122. The van der Waals surface area contributed by atoms with Crippen molar-refractivity contribution < 1.29 is 18.8 Å². The van der Waals surface area contributed by atoms with Crippen LogP contribution in [0, 0.1) is 0 Å². The Hall–Kier alpha value is -3.05. The molecule has 3 N–H and O–H groups in total. The first-order chi connectivity index (χ1) is 14.9. The fraction of sp³-hybridized carbons (Fsp3) is 0.350. The predicted octanol–water partition coefficient (Wildman–Crippen LogP) is 3.40. The molecule has 0 saturated carbocycles. The van der Waals surface area contributed by atoms with E-state index in [0.717, 1.165) is 5.56 Å². The molecule has 1 fully saturated rings. The minimum absolute atomic E-state index is 0.00643. The molecule has 1 atom stereocenters. The summed E-state index contributed by atoms with van der Waals surface area (Å²) in [7, 11) is 0. The van der Waals surface area contributed by atoms with E-state index in [-0.39, 0.29) is 23.7 Å². The first kappa shape index (κ1) is 22.6. The Morgan fingerprint density at radius 2 is 2.16 bits per heavy atom. The Morgan fingerprint density at radius 1 is 1.32 bits per heavy atom. The number of carbonyl (C=O) groups is 3. The molecule has 0 radical (unpaired) electrons. The lowest BCUT2D eigenvalue weighted by atomic mass is 10.2. The van der Waals surface area contributed by atoms with Gasteiger partial charge in [0.1, 0.15) is 12.3 Å². The summed E-state index contributed by atoms with van der Waals surface area (Å²) in [5.74, 6) is 0.0546. The van der Waals surface area contributed by atoms with E-state index >= 15 is 0 Å². The number of hydrogen-bond acceptors (Lipinski definition) is 8.